The van der Waals surface area contributed by atoms with Crippen LogP contribution in [0.4, 0.5) is 9.52 Å². The minimum absolute atomic E-state index is 0. The number of carbonyl (C=O) groups is 1. The largest absolute Gasteiger partial charge is 0.497 e. The van der Waals surface area contributed by atoms with E-state index in [1.807, 2.05) is 0 Å². The molecular weight excluding hydrogens is 457 g/mol. The number of para-hydroxylation sites is 1. The number of ether oxygens (including phenoxy) is 3. The number of methoxy groups -OCH3 is 2. The molecule has 2 aromatic carbocycles. The van der Waals surface area contributed by atoms with Crippen LogP contribution in [0.25, 0.3) is 10.2 Å². The molecule has 1 fully saturated rings. The second-order valence-electron chi connectivity index (χ2n) is 7.10. The maximum atomic E-state index is 14.2. The number of hydrogen-bond donors (Lipinski definition) is 0. The van der Waals surface area contributed by atoms with Crippen LogP contribution in [0.2, 0.25) is 0 Å². The fourth-order valence-corrected chi connectivity index (χ4v) is 4.46. The molecule has 1 aliphatic rings. The summed E-state index contributed by atoms with van der Waals surface area (Å²) in [5.74, 6) is 0.394. The van der Waals surface area contributed by atoms with Crippen molar-refractivity contribution in [2.45, 2.75) is 0 Å². The van der Waals surface area contributed by atoms with Crippen LogP contribution in [0.3, 0.4) is 0 Å². The Morgan fingerprint density at radius 2 is 1.88 bits per heavy atom. The van der Waals surface area contributed by atoms with Crippen LogP contribution in [-0.2, 0) is 4.74 Å². The van der Waals surface area contributed by atoms with E-state index in [0.717, 1.165) is 13.1 Å². The van der Waals surface area contributed by atoms with Crippen LogP contribution in [0.1, 0.15) is 10.4 Å². The van der Waals surface area contributed by atoms with Crippen molar-refractivity contribution in [2.75, 3.05) is 58.5 Å². The number of morpholine rings is 1. The summed E-state index contributed by atoms with van der Waals surface area (Å²) in [6, 6.07) is 9.87. The van der Waals surface area contributed by atoms with Crippen molar-refractivity contribution in [1.82, 2.24) is 9.88 Å². The molecule has 0 saturated carbocycles. The monoisotopic (exact) mass is 481 g/mol. The van der Waals surface area contributed by atoms with Gasteiger partial charge in [0, 0.05) is 37.8 Å². The number of rotatable bonds is 7. The molecule has 0 atom stereocenters. The molecule has 4 rings (SSSR count). The highest BCUT2D eigenvalue weighted by Crippen LogP contribution is 2.32. The van der Waals surface area contributed by atoms with Crippen molar-refractivity contribution in [3.8, 4) is 11.5 Å². The summed E-state index contributed by atoms with van der Waals surface area (Å²) in [4.78, 5) is 21.9. The zero-order chi connectivity index (χ0) is 21.8. The quantitative estimate of drug-likeness (QED) is 0.510. The van der Waals surface area contributed by atoms with Gasteiger partial charge in [-0.1, -0.05) is 17.4 Å². The molecule has 2 heterocycles. The number of hydrogen-bond acceptors (Lipinski definition) is 7. The van der Waals surface area contributed by atoms with Gasteiger partial charge >= 0.3 is 0 Å². The molecule has 7 nitrogen and oxygen atoms in total. The van der Waals surface area contributed by atoms with E-state index in [-0.39, 0.29) is 23.8 Å². The Balaban J connectivity index is 0.00000289. The average molecular weight is 482 g/mol. The lowest BCUT2D eigenvalue weighted by Gasteiger charge is -2.29. The molecule has 0 unspecified atom stereocenters. The van der Waals surface area contributed by atoms with E-state index >= 15 is 0 Å². The van der Waals surface area contributed by atoms with Crippen molar-refractivity contribution in [3.05, 3.63) is 47.8 Å². The smallest absolute Gasteiger partial charge is 0.260 e. The van der Waals surface area contributed by atoms with Gasteiger partial charge in [0.25, 0.3) is 5.91 Å². The number of nitrogens with zero attached hydrogens (tertiary/aromatic N) is 3. The molecule has 32 heavy (non-hydrogen) atoms. The van der Waals surface area contributed by atoms with E-state index in [2.05, 4.69) is 9.88 Å². The first kappa shape index (κ1) is 24.2. The third kappa shape index (κ3) is 5.29. The summed E-state index contributed by atoms with van der Waals surface area (Å²) in [5, 5.41) is 0.458. The lowest BCUT2D eigenvalue weighted by Crippen LogP contribution is -2.43. The minimum atomic E-state index is -0.399. The van der Waals surface area contributed by atoms with Gasteiger partial charge < -0.3 is 14.2 Å². The Bertz CT molecular complexity index is 1050. The zero-order valence-corrected chi connectivity index (χ0v) is 19.5. The van der Waals surface area contributed by atoms with E-state index in [0.29, 0.717) is 53.2 Å². The van der Waals surface area contributed by atoms with E-state index in [1.54, 1.807) is 35.2 Å². The molecule has 1 aliphatic heterocycles. The minimum Gasteiger partial charge on any atom is -0.497 e. The molecule has 0 bridgehead atoms. The SMILES string of the molecule is COc1cc(OC)cc(C(=O)N(CCN2CCOCC2)c2nc3c(F)cccc3s2)c1.Cl. The zero-order valence-electron chi connectivity index (χ0n) is 17.9. The van der Waals surface area contributed by atoms with Crippen LogP contribution in [0.15, 0.2) is 36.4 Å². The van der Waals surface area contributed by atoms with Gasteiger partial charge in [0.05, 0.1) is 32.1 Å². The summed E-state index contributed by atoms with van der Waals surface area (Å²) in [6.45, 7) is 4.04. The lowest BCUT2D eigenvalue weighted by atomic mass is 10.1. The van der Waals surface area contributed by atoms with Crippen LogP contribution in [-0.4, -0.2) is 69.4 Å². The Kier molecular flexibility index (Phi) is 8.25. The summed E-state index contributed by atoms with van der Waals surface area (Å²) >= 11 is 1.30. The maximum Gasteiger partial charge on any atom is 0.260 e. The molecule has 1 amide bonds. The van der Waals surface area contributed by atoms with E-state index < -0.39 is 5.82 Å². The molecule has 1 aromatic heterocycles. The van der Waals surface area contributed by atoms with Crippen molar-refractivity contribution < 1.29 is 23.4 Å². The van der Waals surface area contributed by atoms with Crippen LogP contribution < -0.4 is 14.4 Å². The Hall–Kier alpha value is -2.46. The predicted molar refractivity (Wildman–Crippen MR) is 125 cm³/mol. The van der Waals surface area contributed by atoms with Crippen molar-refractivity contribution >= 4 is 45.0 Å². The third-order valence-corrected chi connectivity index (χ3v) is 6.22. The fraction of sp³-hybridized carbons (Fsp3) is 0.364. The third-order valence-electron chi connectivity index (χ3n) is 5.18. The highest BCUT2D eigenvalue weighted by atomic mass is 35.5. The molecule has 172 valence electrons. The normalized spacial score (nSPS) is 14.1. The van der Waals surface area contributed by atoms with Crippen LogP contribution in [0.5, 0.6) is 11.5 Å². The van der Waals surface area contributed by atoms with E-state index in [4.69, 9.17) is 14.2 Å². The van der Waals surface area contributed by atoms with Crippen LogP contribution >= 0.6 is 23.7 Å². The number of thiazole rings is 1. The van der Waals surface area contributed by atoms with Crippen molar-refractivity contribution in [2.24, 2.45) is 0 Å². The maximum absolute atomic E-state index is 14.2. The number of fused-ring (bicyclic) bond motifs is 1. The Labute approximate surface area is 196 Å². The summed E-state index contributed by atoms with van der Waals surface area (Å²) in [7, 11) is 3.07. The molecule has 10 heteroatoms. The fourth-order valence-electron chi connectivity index (χ4n) is 3.46. The summed E-state index contributed by atoms with van der Waals surface area (Å²) in [6.07, 6.45) is 0. The number of halogens is 2. The first-order chi connectivity index (χ1) is 15.1. The number of aromatic nitrogens is 1. The van der Waals surface area contributed by atoms with Gasteiger partial charge in [-0.25, -0.2) is 9.37 Å². The first-order valence-electron chi connectivity index (χ1n) is 9.99. The highest BCUT2D eigenvalue weighted by Gasteiger charge is 2.24. The Morgan fingerprint density at radius 1 is 1.19 bits per heavy atom. The number of anilines is 1. The molecular formula is C22H25ClFN3O4S. The van der Waals surface area contributed by atoms with Gasteiger partial charge in [0.15, 0.2) is 5.13 Å². The van der Waals surface area contributed by atoms with Gasteiger partial charge in [-0.3, -0.25) is 14.6 Å². The van der Waals surface area contributed by atoms with Gasteiger partial charge in [-0.2, -0.15) is 0 Å². The van der Waals surface area contributed by atoms with E-state index in [9.17, 15) is 9.18 Å². The topological polar surface area (TPSA) is 64.1 Å². The molecule has 0 radical (unpaired) electrons. The number of carbonyl (C=O) groups excluding carboxylic acids is 1. The van der Waals surface area contributed by atoms with Gasteiger partial charge in [0.2, 0.25) is 0 Å². The first-order valence-corrected chi connectivity index (χ1v) is 10.8. The Morgan fingerprint density at radius 3 is 2.50 bits per heavy atom. The van der Waals surface area contributed by atoms with Crippen molar-refractivity contribution in [1.29, 1.82) is 0 Å². The molecule has 3 aromatic rings. The highest BCUT2D eigenvalue weighted by molar-refractivity contribution is 7.22. The molecule has 1 saturated heterocycles. The van der Waals surface area contributed by atoms with E-state index in [1.165, 1.54) is 31.6 Å². The second-order valence-corrected chi connectivity index (χ2v) is 8.10. The van der Waals surface area contributed by atoms with Crippen LogP contribution in [0, 0.1) is 5.82 Å². The van der Waals surface area contributed by atoms with Gasteiger partial charge in [0.1, 0.15) is 22.8 Å². The van der Waals surface area contributed by atoms with Gasteiger partial charge in [-0.15, -0.1) is 12.4 Å². The standard InChI is InChI=1S/C22H24FN3O4S.ClH/c1-28-16-12-15(13-17(14-16)29-2)21(27)26(7-6-25-8-10-30-11-9-25)22-24-20-18(23)4-3-5-19(20)31-22;/h3-5,12-14H,6-11H2,1-2H3;1H. The lowest BCUT2D eigenvalue weighted by molar-refractivity contribution is 0.0391. The molecule has 0 aliphatic carbocycles. The molecule has 0 spiro atoms. The predicted octanol–water partition coefficient (Wildman–Crippen LogP) is 3.85. The number of amides is 1. The molecule has 0 N–H and O–H groups in total. The van der Waals surface area contributed by atoms with Gasteiger partial charge in [-0.05, 0) is 24.3 Å². The summed E-state index contributed by atoms with van der Waals surface area (Å²) in [5.41, 5.74) is 0.688. The number of benzene rings is 2. The second kappa shape index (κ2) is 10.9. The average Bonchev–Trinajstić information content (AvgIpc) is 3.24. The summed E-state index contributed by atoms with van der Waals surface area (Å²) < 4.78 is 31.0. The van der Waals surface area contributed by atoms with Crippen molar-refractivity contribution in [3.63, 3.8) is 0 Å².